The van der Waals surface area contributed by atoms with Crippen molar-refractivity contribution < 1.29 is 4.79 Å². The van der Waals surface area contributed by atoms with Crippen LogP contribution in [-0.2, 0) is 17.8 Å². The average molecular weight is 367 g/mol. The summed E-state index contributed by atoms with van der Waals surface area (Å²) in [7, 11) is 0. The summed E-state index contributed by atoms with van der Waals surface area (Å²) in [5, 5.41) is 2.72. The number of pyridine rings is 1. The number of piperidine rings is 1. The van der Waals surface area contributed by atoms with E-state index in [1.807, 2.05) is 6.92 Å². The Morgan fingerprint density at radius 2 is 1.96 bits per heavy atom. The fourth-order valence-electron chi connectivity index (χ4n) is 3.96. The Morgan fingerprint density at radius 1 is 1.22 bits per heavy atom. The molecule has 6 heteroatoms. The average Bonchev–Trinajstić information content (AvgIpc) is 2.56. The van der Waals surface area contributed by atoms with Gasteiger partial charge in [-0.1, -0.05) is 0 Å². The van der Waals surface area contributed by atoms with E-state index in [0.29, 0.717) is 11.7 Å². The second-order valence-corrected chi connectivity index (χ2v) is 7.68. The molecule has 1 aliphatic rings. The van der Waals surface area contributed by atoms with Crippen LogP contribution in [0.3, 0.4) is 0 Å². The van der Waals surface area contributed by atoms with Gasteiger partial charge in [-0.3, -0.25) is 19.7 Å². The number of carbonyl (C=O) groups excluding carboxylic acids is 1. The number of amides is 1. The van der Waals surface area contributed by atoms with Crippen LogP contribution in [0.2, 0.25) is 0 Å². The van der Waals surface area contributed by atoms with Crippen LogP contribution < -0.4 is 5.32 Å². The topological polar surface area (TPSA) is 71.0 Å². The second kappa shape index (κ2) is 8.57. The Bertz CT molecular complexity index is 800. The van der Waals surface area contributed by atoms with Crippen LogP contribution in [0.1, 0.15) is 48.1 Å². The lowest BCUT2D eigenvalue weighted by molar-refractivity contribution is -0.114. The van der Waals surface area contributed by atoms with Gasteiger partial charge in [0.05, 0.1) is 17.6 Å². The number of aryl methyl sites for hydroxylation is 3. The van der Waals surface area contributed by atoms with E-state index < -0.39 is 0 Å². The standard InChI is InChI=1S/C21H29N5O/c1-14-8-19(9-15(2)23-14)10-18-6-5-7-26(12-18)13-20-11-22-21(16(3)24-20)25-17(4)27/h8-9,11,18H,5-7,10,12-13H2,1-4H3,(H,22,25,27)/t18-/m1/s1. The zero-order valence-electron chi connectivity index (χ0n) is 16.7. The van der Waals surface area contributed by atoms with Crippen LogP contribution in [0.25, 0.3) is 0 Å². The Balaban J connectivity index is 1.61. The van der Waals surface area contributed by atoms with Gasteiger partial charge >= 0.3 is 0 Å². The number of carbonyl (C=O) groups is 1. The molecule has 3 heterocycles. The van der Waals surface area contributed by atoms with Gasteiger partial charge in [-0.15, -0.1) is 0 Å². The number of anilines is 1. The smallest absolute Gasteiger partial charge is 0.222 e. The Hall–Kier alpha value is -2.34. The third-order valence-corrected chi connectivity index (χ3v) is 4.95. The molecule has 1 saturated heterocycles. The summed E-state index contributed by atoms with van der Waals surface area (Å²) in [6.07, 6.45) is 5.36. The number of nitrogens with zero attached hydrogens (tertiary/aromatic N) is 4. The molecule has 0 spiro atoms. The first-order valence-corrected chi connectivity index (χ1v) is 9.65. The van der Waals surface area contributed by atoms with Crippen LogP contribution in [0.15, 0.2) is 18.3 Å². The molecule has 1 fully saturated rings. The summed E-state index contributed by atoms with van der Waals surface area (Å²) in [5.74, 6) is 1.08. The molecule has 0 radical (unpaired) electrons. The van der Waals surface area contributed by atoms with E-state index in [1.165, 1.54) is 25.3 Å². The molecule has 6 nitrogen and oxygen atoms in total. The van der Waals surface area contributed by atoms with Gasteiger partial charge in [0.2, 0.25) is 5.91 Å². The van der Waals surface area contributed by atoms with Crippen molar-refractivity contribution in [3.8, 4) is 0 Å². The zero-order valence-corrected chi connectivity index (χ0v) is 16.7. The van der Waals surface area contributed by atoms with Crippen LogP contribution in [0.4, 0.5) is 5.82 Å². The van der Waals surface area contributed by atoms with Crippen molar-refractivity contribution >= 4 is 11.7 Å². The highest BCUT2D eigenvalue weighted by Gasteiger charge is 2.21. The van der Waals surface area contributed by atoms with Gasteiger partial charge in [-0.25, -0.2) is 4.98 Å². The molecule has 2 aromatic rings. The molecule has 2 aromatic heterocycles. The van der Waals surface area contributed by atoms with Gasteiger partial charge in [0.1, 0.15) is 0 Å². The normalized spacial score (nSPS) is 17.7. The maximum Gasteiger partial charge on any atom is 0.222 e. The van der Waals surface area contributed by atoms with Crippen LogP contribution >= 0.6 is 0 Å². The van der Waals surface area contributed by atoms with E-state index in [-0.39, 0.29) is 5.91 Å². The van der Waals surface area contributed by atoms with E-state index >= 15 is 0 Å². The highest BCUT2D eigenvalue weighted by molar-refractivity contribution is 5.87. The molecule has 3 rings (SSSR count). The fourth-order valence-corrected chi connectivity index (χ4v) is 3.96. The second-order valence-electron chi connectivity index (χ2n) is 7.68. The van der Waals surface area contributed by atoms with Gasteiger partial charge in [0.15, 0.2) is 5.82 Å². The molecule has 0 aliphatic carbocycles. The van der Waals surface area contributed by atoms with E-state index in [2.05, 4.69) is 51.1 Å². The maximum absolute atomic E-state index is 11.2. The van der Waals surface area contributed by atoms with Gasteiger partial charge in [-0.2, -0.15) is 0 Å². The third-order valence-electron chi connectivity index (χ3n) is 4.95. The van der Waals surface area contributed by atoms with E-state index in [9.17, 15) is 4.79 Å². The summed E-state index contributed by atoms with van der Waals surface area (Å²) in [5.41, 5.74) is 5.31. The van der Waals surface area contributed by atoms with Gasteiger partial charge in [0, 0.05) is 31.4 Å². The number of hydrogen-bond acceptors (Lipinski definition) is 5. The molecule has 0 aromatic carbocycles. The lowest BCUT2D eigenvalue weighted by Gasteiger charge is -2.32. The van der Waals surface area contributed by atoms with Crippen LogP contribution in [-0.4, -0.2) is 38.8 Å². The molecule has 0 unspecified atom stereocenters. The Kier molecular flexibility index (Phi) is 6.16. The minimum Gasteiger partial charge on any atom is -0.309 e. The summed E-state index contributed by atoms with van der Waals surface area (Å²) in [6.45, 7) is 10.5. The third kappa shape index (κ3) is 5.57. The molecule has 1 aliphatic heterocycles. The first-order chi connectivity index (χ1) is 12.9. The summed E-state index contributed by atoms with van der Waals surface area (Å²) in [6, 6.07) is 4.42. The van der Waals surface area contributed by atoms with E-state index in [4.69, 9.17) is 0 Å². The molecule has 1 N–H and O–H groups in total. The Morgan fingerprint density at radius 3 is 2.63 bits per heavy atom. The first-order valence-electron chi connectivity index (χ1n) is 9.65. The van der Waals surface area contributed by atoms with E-state index in [0.717, 1.165) is 48.8 Å². The van der Waals surface area contributed by atoms with Crippen molar-refractivity contribution in [2.75, 3.05) is 18.4 Å². The predicted molar refractivity (Wildman–Crippen MR) is 106 cm³/mol. The molecular weight excluding hydrogens is 338 g/mol. The summed E-state index contributed by atoms with van der Waals surface area (Å²) in [4.78, 5) is 27.1. The highest BCUT2D eigenvalue weighted by Crippen LogP contribution is 2.23. The minimum atomic E-state index is -0.124. The molecule has 0 bridgehead atoms. The summed E-state index contributed by atoms with van der Waals surface area (Å²) >= 11 is 0. The van der Waals surface area contributed by atoms with Crippen molar-refractivity contribution in [1.82, 2.24) is 19.9 Å². The van der Waals surface area contributed by atoms with Crippen molar-refractivity contribution in [2.45, 2.75) is 53.5 Å². The lowest BCUT2D eigenvalue weighted by Crippen LogP contribution is -2.36. The lowest BCUT2D eigenvalue weighted by atomic mass is 9.91. The number of rotatable bonds is 5. The Labute approximate surface area is 161 Å². The summed E-state index contributed by atoms with van der Waals surface area (Å²) < 4.78 is 0. The van der Waals surface area contributed by atoms with Crippen molar-refractivity contribution in [2.24, 2.45) is 5.92 Å². The molecule has 1 amide bonds. The number of nitrogens with one attached hydrogen (secondary N) is 1. The highest BCUT2D eigenvalue weighted by atomic mass is 16.1. The molecule has 0 saturated carbocycles. The minimum absolute atomic E-state index is 0.124. The fraction of sp³-hybridized carbons (Fsp3) is 0.524. The number of hydrogen-bond donors (Lipinski definition) is 1. The van der Waals surface area contributed by atoms with Gasteiger partial charge in [0.25, 0.3) is 0 Å². The predicted octanol–water partition coefficient (Wildman–Crippen LogP) is 3.21. The van der Waals surface area contributed by atoms with Gasteiger partial charge in [-0.05, 0) is 70.2 Å². The SMILES string of the molecule is CC(=O)Nc1ncc(CN2CCC[C@H](Cc3cc(C)nc(C)c3)C2)nc1C. The first kappa shape index (κ1) is 19.4. The van der Waals surface area contributed by atoms with Crippen molar-refractivity contribution in [3.63, 3.8) is 0 Å². The molecular formula is C21H29N5O. The van der Waals surface area contributed by atoms with Crippen LogP contribution in [0, 0.1) is 26.7 Å². The van der Waals surface area contributed by atoms with Gasteiger partial charge < -0.3 is 5.32 Å². The maximum atomic E-state index is 11.2. The van der Waals surface area contributed by atoms with Crippen molar-refractivity contribution in [3.05, 3.63) is 46.7 Å². The number of likely N-dealkylation sites (tertiary alicyclic amines) is 1. The monoisotopic (exact) mass is 367 g/mol. The molecule has 144 valence electrons. The zero-order chi connectivity index (χ0) is 19.4. The number of aromatic nitrogens is 3. The quantitative estimate of drug-likeness (QED) is 0.879. The largest absolute Gasteiger partial charge is 0.309 e. The van der Waals surface area contributed by atoms with Crippen LogP contribution in [0.5, 0.6) is 0 Å². The van der Waals surface area contributed by atoms with E-state index in [1.54, 1.807) is 6.20 Å². The molecule has 1 atom stereocenters. The molecule has 27 heavy (non-hydrogen) atoms. The van der Waals surface area contributed by atoms with Crippen molar-refractivity contribution in [1.29, 1.82) is 0 Å².